The minimum atomic E-state index is -3.71. The van der Waals surface area contributed by atoms with Gasteiger partial charge in [-0.2, -0.15) is 0 Å². The van der Waals surface area contributed by atoms with Crippen LogP contribution in [0, 0.1) is 0 Å². The molecule has 0 aliphatic rings. The van der Waals surface area contributed by atoms with Crippen LogP contribution in [-0.2, 0) is 32.0 Å². The third-order valence-electron chi connectivity index (χ3n) is 3.13. The van der Waals surface area contributed by atoms with E-state index >= 15 is 0 Å². The van der Waals surface area contributed by atoms with E-state index in [1.54, 1.807) is 0 Å². The van der Waals surface area contributed by atoms with E-state index in [9.17, 15) is 16.8 Å². The number of nitrogens with one attached hydrogen (secondary N) is 2. The van der Waals surface area contributed by atoms with E-state index in [-0.39, 0.29) is 80.7 Å². The predicted molar refractivity (Wildman–Crippen MR) is 108 cm³/mol. The van der Waals surface area contributed by atoms with Crippen LogP contribution < -0.4 is 10.6 Å². The minimum Gasteiger partial charge on any atom is -0.372 e. The summed E-state index contributed by atoms with van der Waals surface area (Å²) in [5.41, 5.74) is 1.05. The van der Waals surface area contributed by atoms with E-state index in [2.05, 4.69) is 10.6 Å². The molecule has 0 spiro atoms. The third-order valence-corrected chi connectivity index (χ3v) is 5.70. The Bertz CT molecular complexity index is 809. The zero-order chi connectivity index (χ0) is 18.4. The SMILES string of the molecule is O=S(O)CNc1ccc(S(=O)(=O)c2ccc(NCS(=O)O)cc2)cc1.[Na].[Na]. The molecule has 0 bridgehead atoms. The second-order valence-corrected chi connectivity index (χ2v) is 8.65. The molecule has 2 unspecified atom stereocenters. The maximum absolute atomic E-state index is 12.6. The first kappa shape index (κ1) is 27.2. The van der Waals surface area contributed by atoms with Gasteiger partial charge >= 0.3 is 0 Å². The van der Waals surface area contributed by atoms with Crippen LogP contribution in [0.3, 0.4) is 0 Å². The second kappa shape index (κ2) is 12.7. The average molecular weight is 450 g/mol. The first-order valence-electron chi connectivity index (χ1n) is 6.87. The topological polar surface area (TPSA) is 133 Å². The molecule has 2 aromatic carbocycles. The average Bonchev–Trinajstić information content (AvgIpc) is 2.59. The van der Waals surface area contributed by atoms with Gasteiger partial charge in [-0.1, -0.05) is 0 Å². The quantitative estimate of drug-likeness (QED) is 0.345. The largest absolute Gasteiger partial charge is 0.372 e. The fourth-order valence-corrected chi connectivity index (χ4v) is 3.77. The van der Waals surface area contributed by atoms with Crippen molar-refractivity contribution in [2.45, 2.75) is 9.79 Å². The van der Waals surface area contributed by atoms with E-state index in [0.29, 0.717) is 11.4 Å². The Morgan fingerprint density at radius 2 is 1.00 bits per heavy atom. The fraction of sp³-hybridized carbons (Fsp3) is 0.143. The first-order valence-corrected chi connectivity index (χ1v) is 10.9. The molecule has 0 aromatic heterocycles. The van der Waals surface area contributed by atoms with Crippen LogP contribution in [0.15, 0.2) is 58.3 Å². The maximum Gasteiger partial charge on any atom is 0.206 e. The first-order chi connectivity index (χ1) is 11.8. The standard InChI is InChI=1S/C14H16N2O6S3.2Na/c17-23(18)9-15-11-1-5-13(6-2-11)25(21,22)14-7-3-12(4-8-14)16-10-24(19)20;;/h1-8,15-16H,9-10H2,(H,17,18)(H,19,20);;. The van der Waals surface area contributed by atoms with Crippen LogP contribution >= 0.6 is 0 Å². The summed E-state index contributed by atoms with van der Waals surface area (Å²) in [6, 6.07) is 11.6. The second-order valence-electron chi connectivity index (χ2n) is 4.84. The third kappa shape index (κ3) is 8.62. The number of sulfone groups is 1. The zero-order valence-corrected chi connectivity index (χ0v) is 21.2. The van der Waals surface area contributed by atoms with Gasteiger partial charge in [0.1, 0.15) is 11.8 Å². The van der Waals surface area contributed by atoms with Crippen LogP contribution in [0.5, 0.6) is 0 Å². The Labute approximate surface area is 207 Å². The number of rotatable bonds is 8. The van der Waals surface area contributed by atoms with Crippen molar-refractivity contribution in [3.63, 3.8) is 0 Å². The molecule has 0 saturated carbocycles. The molecule has 2 aromatic rings. The van der Waals surface area contributed by atoms with E-state index in [1.165, 1.54) is 48.5 Å². The van der Waals surface area contributed by atoms with Gasteiger partial charge in [-0.25, -0.2) is 16.8 Å². The summed E-state index contributed by atoms with van der Waals surface area (Å²) in [6.45, 7) is 0. The maximum atomic E-state index is 12.6. The summed E-state index contributed by atoms with van der Waals surface area (Å²) in [4.78, 5) is 0.167. The summed E-state index contributed by atoms with van der Waals surface area (Å²) in [5, 5.41) is 5.39. The number of hydrogen-bond acceptors (Lipinski definition) is 6. The van der Waals surface area contributed by atoms with Crippen molar-refractivity contribution in [3.8, 4) is 0 Å². The van der Waals surface area contributed by atoms with Gasteiger partial charge in [0.2, 0.25) is 9.84 Å². The van der Waals surface area contributed by atoms with Gasteiger partial charge in [-0.15, -0.1) is 0 Å². The van der Waals surface area contributed by atoms with Crippen molar-refractivity contribution in [2.75, 3.05) is 22.4 Å². The molecule has 0 aliphatic carbocycles. The molecule has 138 valence electrons. The van der Waals surface area contributed by atoms with Crippen molar-refractivity contribution in [3.05, 3.63) is 48.5 Å². The summed E-state index contributed by atoms with van der Waals surface area (Å²) in [6.07, 6.45) is 0. The van der Waals surface area contributed by atoms with Gasteiger partial charge < -0.3 is 19.7 Å². The van der Waals surface area contributed by atoms with E-state index in [4.69, 9.17) is 9.11 Å². The van der Waals surface area contributed by atoms with E-state index in [0.717, 1.165) is 0 Å². The van der Waals surface area contributed by atoms with Gasteiger partial charge in [0.15, 0.2) is 22.2 Å². The molecule has 0 saturated heterocycles. The molecular weight excluding hydrogens is 434 g/mol. The molecule has 0 amide bonds. The van der Waals surface area contributed by atoms with Gasteiger partial charge in [-0.3, -0.25) is 0 Å². The van der Waals surface area contributed by atoms with Crippen LogP contribution in [0.2, 0.25) is 0 Å². The number of benzene rings is 2. The number of anilines is 2. The van der Waals surface area contributed by atoms with E-state index < -0.39 is 32.0 Å². The van der Waals surface area contributed by atoms with Gasteiger partial charge in [-0.05, 0) is 48.5 Å². The fourth-order valence-electron chi connectivity index (χ4n) is 1.93. The monoisotopic (exact) mass is 450 g/mol. The molecule has 27 heavy (non-hydrogen) atoms. The Hall–Kier alpha value is 0.210. The smallest absolute Gasteiger partial charge is 0.206 e. The molecule has 0 heterocycles. The molecule has 13 heteroatoms. The van der Waals surface area contributed by atoms with Crippen molar-refractivity contribution in [1.82, 2.24) is 0 Å². The van der Waals surface area contributed by atoms with Crippen LogP contribution in [0.1, 0.15) is 0 Å². The molecule has 0 fully saturated rings. The van der Waals surface area contributed by atoms with Crippen molar-refractivity contribution >= 4 is 102 Å². The summed E-state index contributed by atoms with van der Waals surface area (Å²) < 4.78 is 63.8. The molecular formula is C14H16N2Na2O6S3. The van der Waals surface area contributed by atoms with Gasteiger partial charge in [0.25, 0.3) is 0 Å². The number of hydrogen-bond donors (Lipinski definition) is 4. The Kier molecular flexibility index (Phi) is 12.8. The molecule has 2 rings (SSSR count). The Morgan fingerprint density at radius 3 is 1.26 bits per heavy atom. The van der Waals surface area contributed by atoms with Crippen molar-refractivity contribution in [1.29, 1.82) is 0 Å². The van der Waals surface area contributed by atoms with E-state index in [1.807, 2.05) is 0 Å². The predicted octanol–water partition coefficient (Wildman–Crippen LogP) is 0.940. The molecule has 0 aliphatic heterocycles. The van der Waals surface area contributed by atoms with Crippen molar-refractivity contribution < 1.29 is 25.9 Å². The molecule has 4 N–H and O–H groups in total. The summed E-state index contributed by atoms with van der Waals surface area (Å²) in [7, 11) is -3.71. The zero-order valence-electron chi connectivity index (χ0n) is 14.8. The van der Waals surface area contributed by atoms with Crippen LogP contribution in [0.4, 0.5) is 11.4 Å². The summed E-state index contributed by atoms with van der Waals surface area (Å²) in [5.74, 6) is -0.307. The van der Waals surface area contributed by atoms with Gasteiger partial charge in [0, 0.05) is 70.5 Å². The van der Waals surface area contributed by atoms with Crippen LogP contribution in [0.25, 0.3) is 0 Å². The van der Waals surface area contributed by atoms with Crippen molar-refractivity contribution in [2.24, 2.45) is 0 Å². The van der Waals surface area contributed by atoms with Crippen LogP contribution in [-0.4, -0.2) is 96.8 Å². The molecule has 2 radical (unpaired) electrons. The Morgan fingerprint density at radius 1 is 0.704 bits per heavy atom. The molecule has 2 atom stereocenters. The normalized spacial score (nSPS) is 12.8. The Balaban J connectivity index is 0.00000338. The molecule has 8 nitrogen and oxygen atoms in total. The van der Waals surface area contributed by atoms with Gasteiger partial charge in [0.05, 0.1) is 9.79 Å². The minimum absolute atomic E-state index is 0. The summed E-state index contributed by atoms with van der Waals surface area (Å²) >= 11 is -3.99.